The van der Waals surface area contributed by atoms with Gasteiger partial charge in [0.1, 0.15) is 0 Å². The molecular formula is C12H14FN3O3. The standard InChI is InChI=1S/C12H14FN3O3/c1-12(5-2-6-14-12)11(17)15-8-3-4-9(13)10(7-8)16(18)19/h3-4,7,14H,2,5-6H2,1H3,(H,15,17). The number of carbonyl (C=O) groups is 1. The Labute approximate surface area is 109 Å². The molecule has 1 aromatic carbocycles. The average Bonchev–Trinajstić information content (AvgIpc) is 2.79. The van der Waals surface area contributed by atoms with Crippen LogP contribution in [-0.4, -0.2) is 22.9 Å². The second-order valence-corrected chi connectivity index (χ2v) is 4.74. The SMILES string of the molecule is CC1(C(=O)Nc2ccc(F)c([N+](=O)[O-])c2)CCCN1. The highest BCUT2D eigenvalue weighted by Crippen LogP contribution is 2.24. The zero-order chi connectivity index (χ0) is 14.0. The summed E-state index contributed by atoms with van der Waals surface area (Å²) in [5.41, 5.74) is -1.11. The predicted molar refractivity (Wildman–Crippen MR) is 67.3 cm³/mol. The van der Waals surface area contributed by atoms with Crippen molar-refractivity contribution in [3.63, 3.8) is 0 Å². The lowest BCUT2D eigenvalue weighted by Gasteiger charge is -2.22. The Morgan fingerprint density at radius 1 is 1.58 bits per heavy atom. The summed E-state index contributed by atoms with van der Waals surface area (Å²) in [7, 11) is 0. The van der Waals surface area contributed by atoms with Crippen LogP contribution >= 0.6 is 0 Å². The van der Waals surface area contributed by atoms with Crippen molar-refractivity contribution in [3.8, 4) is 0 Å². The maximum atomic E-state index is 13.2. The van der Waals surface area contributed by atoms with Crippen molar-refractivity contribution in [1.29, 1.82) is 0 Å². The number of anilines is 1. The number of benzene rings is 1. The van der Waals surface area contributed by atoms with Gasteiger partial charge in [0.25, 0.3) is 0 Å². The van der Waals surface area contributed by atoms with Gasteiger partial charge in [0, 0.05) is 11.8 Å². The summed E-state index contributed by atoms with van der Waals surface area (Å²) in [6, 6.07) is 3.29. The quantitative estimate of drug-likeness (QED) is 0.646. The van der Waals surface area contributed by atoms with Crippen LogP contribution in [0.2, 0.25) is 0 Å². The monoisotopic (exact) mass is 267 g/mol. The number of nitro groups is 1. The Hall–Kier alpha value is -2.02. The molecule has 19 heavy (non-hydrogen) atoms. The summed E-state index contributed by atoms with van der Waals surface area (Å²) >= 11 is 0. The third kappa shape index (κ3) is 2.70. The molecule has 7 heteroatoms. The molecule has 1 aliphatic heterocycles. The highest BCUT2D eigenvalue weighted by Gasteiger charge is 2.36. The smallest absolute Gasteiger partial charge is 0.306 e. The molecule has 1 saturated heterocycles. The van der Waals surface area contributed by atoms with E-state index in [1.54, 1.807) is 6.92 Å². The summed E-state index contributed by atoms with van der Waals surface area (Å²) in [5.74, 6) is -1.20. The number of amides is 1. The van der Waals surface area contributed by atoms with E-state index in [0.29, 0.717) is 6.42 Å². The third-order valence-electron chi connectivity index (χ3n) is 3.27. The fraction of sp³-hybridized carbons (Fsp3) is 0.417. The molecule has 102 valence electrons. The highest BCUT2D eigenvalue weighted by atomic mass is 19.1. The second kappa shape index (κ2) is 4.93. The summed E-state index contributed by atoms with van der Waals surface area (Å²) in [6.45, 7) is 2.53. The van der Waals surface area contributed by atoms with Crippen molar-refractivity contribution in [1.82, 2.24) is 5.32 Å². The van der Waals surface area contributed by atoms with E-state index in [0.717, 1.165) is 25.1 Å². The van der Waals surface area contributed by atoms with E-state index in [-0.39, 0.29) is 11.6 Å². The molecule has 2 N–H and O–H groups in total. The summed E-state index contributed by atoms with van der Waals surface area (Å²) in [4.78, 5) is 21.9. The van der Waals surface area contributed by atoms with E-state index in [9.17, 15) is 19.3 Å². The molecule has 6 nitrogen and oxygen atoms in total. The normalized spacial score (nSPS) is 22.2. The van der Waals surface area contributed by atoms with Gasteiger partial charge in [-0.05, 0) is 38.4 Å². The lowest BCUT2D eigenvalue weighted by molar-refractivity contribution is -0.387. The van der Waals surface area contributed by atoms with E-state index < -0.39 is 22.0 Å². The molecule has 1 unspecified atom stereocenters. The number of nitrogens with zero attached hydrogens (tertiary/aromatic N) is 1. The van der Waals surface area contributed by atoms with Gasteiger partial charge in [-0.15, -0.1) is 0 Å². The zero-order valence-corrected chi connectivity index (χ0v) is 10.4. The van der Waals surface area contributed by atoms with E-state index in [2.05, 4.69) is 10.6 Å². The molecule has 1 aliphatic rings. The fourth-order valence-corrected chi connectivity index (χ4v) is 2.09. The van der Waals surface area contributed by atoms with Gasteiger partial charge in [-0.3, -0.25) is 14.9 Å². The number of hydrogen-bond donors (Lipinski definition) is 2. The average molecular weight is 267 g/mol. The van der Waals surface area contributed by atoms with Crippen molar-refractivity contribution in [2.75, 3.05) is 11.9 Å². The van der Waals surface area contributed by atoms with Crippen LogP contribution in [0.4, 0.5) is 15.8 Å². The van der Waals surface area contributed by atoms with E-state index in [4.69, 9.17) is 0 Å². The molecular weight excluding hydrogens is 253 g/mol. The van der Waals surface area contributed by atoms with Crippen LogP contribution in [0.5, 0.6) is 0 Å². The van der Waals surface area contributed by atoms with Crippen LogP contribution in [0, 0.1) is 15.9 Å². The largest absolute Gasteiger partial charge is 0.324 e. The number of nitro benzene ring substituents is 1. The molecule has 1 heterocycles. The third-order valence-corrected chi connectivity index (χ3v) is 3.27. The molecule has 0 bridgehead atoms. The number of nitrogens with one attached hydrogen (secondary N) is 2. The van der Waals surface area contributed by atoms with Crippen molar-refractivity contribution in [3.05, 3.63) is 34.1 Å². The van der Waals surface area contributed by atoms with Gasteiger partial charge >= 0.3 is 5.69 Å². The van der Waals surface area contributed by atoms with E-state index in [1.807, 2.05) is 0 Å². The van der Waals surface area contributed by atoms with Crippen LogP contribution in [0.1, 0.15) is 19.8 Å². The maximum absolute atomic E-state index is 13.2. The molecule has 2 rings (SSSR count). The molecule has 1 aromatic rings. The van der Waals surface area contributed by atoms with Gasteiger partial charge in [-0.2, -0.15) is 4.39 Å². The Kier molecular flexibility index (Phi) is 3.48. The first-order chi connectivity index (χ1) is 8.92. The lowest BCUT2D eigenvalue weighted by Crippen LogP contribution is -2.47. The van der Waals surface area contributed by atoms with Gasteiger partial charge in [0.05, 0.1) is 10.5 Å². The lowest BCUT2D eigenvalue weighted by atomic mass is 9.99. The van der Waals surface area contributed by atoms with Gasteiger partial charge in [-0.25, -0.2) is 0 Å². The first-order valence-electron chi connectivity index (χ1n) is 5.93. The minimum Gasteiger partial charge on any atom is -0.324 e. The van der Waals surface area contributed by atoms with Crippen LogP contribution in [0.15, 0.2) is 18.2 Å². The number of halogens is 1. The Morgan fingerprint density at radius 3 is 2.89 bits per heavy atom. The summed E-state index contributed by atoms with van der Waals surface area (Å²) in [5, 5.41) is 16.3. The first kappa shape index (κ1) is 13.4. The second-order valence-electron chi connectivity index (χ2n) is 4.74. The van der Waals surface area contributed by atoms with Crippen LogP contribution in [0.3, 0.4) is 0 Å². The number of hydrogen-bond acceptors (Lipinski definition) is 4. The molecule has 0 saturated carbocycles. The molecule has 0 aliphatic carbocycles. The number of carbonyl (C=O) groups excluding carboxylic acids is 1. The first-order valence-corrected chi connectivity index (χ1v) is 5.93. The number of rotatable bonds is 3. The van der Waals surface area contributed by atoms with Crippen molar-refractivity contribution in [2.45, 2.75) is 25.3 Å². The van der Waals surface area contributed by atoms with Crippen molar-refractivity contribution < 1.29 is 14.1 Å². The Bertz CT molecular complexity index is 527. The van der Waals surface area contributed by atoms with Crippen LogP contribution in [-0.2, 0) is 4.79 Å². The van der Waals surface area contributed by atoms with E-state index >= 15 is 0 Å². The minimum absolute atomic E-state index is 0.216. The molecule has 1 atom stereocenters. The van der Waals surface area contributed by atoms with Gasteiger partial charge in [0.15, 0.2) is 0 Å². The molecule has 1 fully saturated rings. The predicted octanol–water partition coefficient (Wildman–Crippen LogP) is 1.81. The van der Waals surface area contributed by atoms with Crippen molar-refractivity contribution in [2.24, 2.45) is 0 Å². The van der Waals surface area contributed by atoms with Gasteiger partial charge < -0.3 is 10.6 Å². The van der Waals surface area contributed by atoms with Gasteiger partial charge in [-0.1, -0.05) is 0 Å². The fourth-order valence-electron chi connectivity index (χ4n) is 2.09. The minimum atomic E-state index is -0.923. The van der Waals surface area contributed by atoms with E-state index in [1.165, 1.54) is 6.07 Å². The van der Waals surface area contributed by atoms with Crippen LogP contribution in [0.25, 0.3) is 0 Å². The topological polar surface area (TPSA) is 84.3 Å². The Morgan fingerprint density at radius 2 is 2.32 bits per heavy atom. The van der Waals surface area contributed by atoms with Crippen LogP contribution < -0.4 is 10.6 Å². The maximum Gasteiger partial charge on any atom is 0.306 e. The molecule has 0 spiro atoms. The zero-order valence-electron chi connectivity index (χ0n) is 10.4. The Balaban J connectivity index is 2.17. The van der Waals surface area contributed by atoms with Gasteiger partial charge in [0.2, 0.25) is 11.7 Å². The molecule has 1 amide bonds. The van der Waals surface area contributed by atoms with Crippen molar-refractivity contribution >= 4 is 17.3 Å². The molecule has 0 radical (unpaired) electrons. The summed E-state index contributed by atoms with van der Waals surface area (Å²) < 4.78 is 13.2. The summed E-state index contributed by atoms with van der Waals surface area (Å²) in [6.07, 6.45) is 1.59. The highest BCUT2D eigenvalue weighted by molar-refractivity contribution is 5.98. The molecule has 0 aromatic heterocycles.